The Morgan fingerprint density at radius 3 is 2.50 bits per heavy atom. The van der Waals surface area contributed by atoms with Crippen LogP contribution in [0.5, 0.6) is 11.5 Å². The van der Waals surface area contributed by atoms with Crippen molar-refractivity contribution in [2.75, 3.05) is 5.32 Å². The lowest BCUT2D eigenvalue weighted by atomic mass is 10.3. The van der Waals surface area contributed by atoms with Crippen LogP contribution in [0.25, 0.3) is 6.08 Å². The molecule has 0 saturated carbocycles. The van der Waals surface area contributed by atoms with Gasteiger partial charge in [0.15, 0.2) is 0 Å². The Balaban J connectivity index is 1.64. The summed E-state index contributed by atoms with van der Waals surface area (Å²) >= 11 is 0. The molecule has 1 amide bonds. The molecule has 0 unspecified atom stereocenters. The fourth-order valence-electron chi connectivity index (χ4n) is 2.08. The minimum atomic E-state index is -0.225. The molecule has 3 rings (SSSR count). The molecule has 0 atom stereocenters. The highest BCUT2D eigenvalue weighted by Gasteiger charge is 2.01. The second-order valence-electron chi connectivity index (χ2n) is 5.02. The second kappa shape index (κ2) is 7.74. The van der Waals surface area contributed by atoms with Gasteiger partial charge in [0.2, 0.25) is 5.91 Å². The van der Waals surface area contributed by atoms with Gasteiger partial charge in [-0.25, -0.2) is 0 Å². The number of pyridine rings is 1. The molecule has 0 radical (unpaired) electrons. The van der Waals surface area contributed by atoms with Crippen molar-refractivity contribution in [2.24, 2.45) is 0 Å². The van der Waals surface area contributed by atoms with Crippen molar-refractivity contribution in [3.05, 3.63) is 90.8 Å². The summed E-state index contributed by atoms with van der Waals surface area (Å²) < 4.78 is 5.75. The quantitative estimate of drug-likeness (QED) is 0.704. The molecule has 3 aromatic rings. The maximum Gasteiger partial charge on any atom is 0.248 e. The number of rotatable bonds is 5. The van der Waals surface area contributed by atoms with Gasteiger partial charge >= 0.3 is 0 Å². The summed E-state index contributed by atoms with van der Waals surface area (Å²) in [5.74, 6) is 1.18. The van der Waals surface area contributed by atoms with Crippen molar-refractivity contribution in [1.29, 1.82) is 0 Å². The molecule has 4 nitrogen and oxygen atoms in total. The minimum Gasteiger partial charge on any atom is -0.457 e. The molecule has 1 N–H and O–H groups in total. The van der Waals surface area contributed by atoms with Gasteiger partial charge in [0.1, 0.15) is 11.5 Å². The number of anilines is 1. The van der Waals surface area contributed by atoms with Gasteiger partial charge in [-0.2, -0.15) is 0 Å². The third-order valence-electron chi connectivity index (χ3n) is 3.17. The summed E-state index contributed by atoms with van der Waals surface area (Å²) in [5, 5.41) is 2.80. The monoisotopic (exact) mass is 316 g/mol. The lowest BCUT2D eigenvalue weighted by molar-refractivity contribution is -0.111. The fourth-order valence-corrected chi connectivity index (χ4v) is 2.08. The zero-order chi connectivity index (χ0) is 16.6. The van der Waals surface area contributed by atoms with Gasteiger partial charge in [-0.1, -0.05) is 30.3 Å². The zero-order valence-corrected chi connectivity index (χ0v) is 12.9. The third kappa shape index (κ3) is 4.55. The predicted molar refractivity (Wildman–Crippen MR) is 94.9 cm³/mol. The van der Waals surface area contributed by atoms with Crippen molar-refractivity contribution >= 4 is 17.7 Å². The van der Waals surface area contributed by atoms with Crippen LogP contribution in [0.15, 0.2) is 85.1 Å². The summed E-state index contributed by atoms with van der Waals surface area (Å²) in [4.78, 5) is 16.1. The molecule has 1 heterocycles. The number of nitrogens with one attached hydrogen (secondary N) is 1. The molecular weight excluding hydrogens is 300 g/mol. The highest BCUT2D eigenvalue weighted by Crippen LogP contribution is 2.23. The van der Waals surface area contributed by atoms with E-state index in [1.165, 1.54) is 6.08 Å². The van der Waals surface area contributed by atoms with Crippen LogP contribution in [0.1, 0.15) is 5.69 Å². The van der Waals surface area contributed by atoms with Crippen LogP contribution in [0.3, 0.4) is 0 Å². The Bertz CT molecular complexity index is 831. The van der Waals surface area contributed by atoms with E-state index in [0.29, 0.717) is 11.4 Å². The Hall–Kier alpha value is -3.40. The molecule has 0 aliphatic heterocycles. The van der Waals surface area contributed by atoms with Crippen molar-refractivity contribution in [3.8, 4) is 11.5 Å². The smallest absolute Gasteiger partial charge is 0.248 e. The summed E-state index contributed by atoms with van der Waals surface area (Å²) in [5.41, 5.74) is 1.40. The Morgan fingerprint density at radius 1 is 0.917 bits per heavy atom. The summed E-state index contributed by atoms with van der Waals surface area (Å²) in [6.07, 6.45) is 4.80. The predicted octanol–water partition coefficient (Wildman–Crippen LogP) is 4.53. The zero-order valence-electron chi connectivity index (χ0n) is 12.9. The van der Waals surface area contributed by atoms with E-state index in [0.717, 1.165) is 11.4 Å². The first-order chi connectivity index (χ1) is 11.8. The fraction of sp³-hybridized carbons (Fsp3) is 0. The average Bonchev–Trinajstić information content (AvgIpc) is 2.62. The van der Waals surface area contributed by atoms with Gasteiger partial charge in [0.05, 0.1) is 5.69 Å². The van der Waals surface area contributed by atoms with Crippen LogP contribution >= 0.6 is 0 Å². The third-order valence-corrected chi connectivity index (χ3v) is 3.17. The highest BCUT2D eigenvalue weighted by atomic mass is 16.5. The van der Waals surface area contributed by atoms with Crippen LogP contribution in [-0.2, 0) is 4.79 Å². The van der Waals surface area contributed by atoms with Crippen molar-refractivity contribution in [3.63, 3.8) is 0 Å². The number of carbonyl (C=O) groups excluding carboxylic acids is 1. The molecule has 2 aromatic carbocycles. The minimum absolute atomic E-state index is 0.225. The molecule has 24 heavy (non-hydrogen) atoms. The lowest BCUT2D eigenvalue weighted by Gasteiger charge is -2.08. The van der Waals surface area contributed by atoms with Crippen LogP contribution in [0, 0.1) is 0 Å². The number of hydrogen-bond acceptors (Lipinski definition) is 3. The van der Waals surface area contributed by atoms with E-state index in [1.807, 2.05) is 66.7 Å². The first kappa shape index (κ1) is 15.5. The van der Waals surface area contributed by atoms with Gasteiger partial charge in [-0.05, 0) is 42.5 Å². The molecule has 0 fully saturated rings. The number of para-hydroxylation sites is 1. The maximum atomic E-state index is 12.0. The maximum absolute atomic E-state index is 12.0. The Kier molecular flexibility index (Phi) is 5.00. The Morgan fingerprint density at radius 2 is 1.71 bits per heavy atom. The number of nitrogens with zero attached hydrogens (tertiary/aromatic N) is 1. The van der Waals surface area contributed by atoms with Crippen molar-refractivity contribution in [2.45, 2.75) is 0 Å². The number of ether oxygens (including phenoxy) is 1. The van der Waals surface area contributed by atoms with Crippen molar-refractivity contribution in [1.82, 2.24) is 4.98 Å². The topological polar surface area (TPSA) is 51.2 Å². The molecule has 1 aromatic heterocycles. The van der Waals surface area contributed by atoms with E-state index < -0.39 is 0 Å². The van der Waals surface area contributed by atoms with E-state index >= 15 is 0 Å². The van der Waals surface area contributed by atoms with Crippen LogP contribution in [0.4, 0.5) is 5.69 Å². The van der Waals surface area contributed by atoms with E-state index in [4.69, 9.17) is 4.74 Å². The summed E-state index contributed by atoms with van der Waals surface area (Å²) in [6, 6.07) is 22.3. The lowest BCUT2D eigenvalue weighted by Crippen LogP contribution is -2.07. The summed E-state index contributed by atoms with van der Waals surface area (Å²) in [7, 11) is 0. The van der Waals surface area contributed by atoms with E-state index in [9.17, 15) is 4.79 Å². The number of aromatic nitrogens is 1. The molecule has 118 valence electrons. The van der Waals surface area contributed by atoms with Gasteiger partial charge in [0.25, 0.3) is 0 Å². The van der Waals surface area contributed by atoms with Crippen LogP contribution < -0.4 is 10.1 Å². The van der Waals surface area contributed by atoms with Gasteiger partial charge in [-0.15, -0.1) is 0 Å². The van der Waals surface area contributed by atoms with E-state index in [1.54, 1.807) is 18.3 Å². The molecule has 4 heteroatoms. The SMILES string of the molecule is O=C(/C=C\c1ccccn1)Nc1cccc(Oc2ccccc2)c1. The molecule has 0 spiro atoms. The Labute approximate surface area is 140 Å². The molecule has 0 aliphatic rings. The normalized spacial score (nSPS) is 10.5. The van der Waals surface area contributed by atoms with E-state index in [2.05, 4.69) is 10.3 Å². The molecule has 0 bridgehead atoms. The number of benzene rings is 2. The van der Waals surface area contributed by atoms with Crippen LogP contribution in [-0.4, -0.2) is 10.9 Å². The second-order valence-corrected chi connectivity index (χ2v) is 5.02. The molecule has 0 aliphatic carbocycles. The standard InChI is InChI=1S/C20H16N2O2/c23-20(13-12-16-7-4-5-14-21-16)22-17-8-6-11-19(15-17)24-18-9-2-1-3-10-18/h1-15H,(H,22,23)/b13-12-. The number of amides is 1. The van der Waals surface area contributed by atoms with Crippen LogP contribution in [0.2, 0.25) is 0 Å². The highest BCUT2D eigenvalue weighted by molar-refractivity contribution is 6.01. The van der Waals surface area contributed by atoms with Gasteiger partial charge in [0, 0.05) is 24.0 Å². The first-order valence-electron chi connectivity index (χ1n) is 7.53. The molecule has 0 saturated heterocycles. The molecular formula is C20H16N2O2. The van der Waals surface area contributed by atoms with Crippen molar-refractivity contribution < 1.29 is 9.53 Å². The van der Waals surface area contributed by atoms with Gasteiger partial charge < -0.3 is 10.1 Å². The van der Waals surface area contributed by atoms with Gasteiger partial charge in [-0.3, -0.25) is 9.78 Å². The first-order valence-corrected chi connectivity index (χ1v) is 7.53. The average molecular weight is 316 g/mol. The van der Waals surface area contributed by atoms with E-state index in [-0.39, 0.29) is 5.91 Å². The number of hydrogen-bond donors (Lipinski definition) is 1. The number of carbonyl (C=O) groups is 1. The summed E-state index contributed by atoms with van der Waals surface area (Å²) in [6.45, 7) is 0. The largest absolute Gasteiger partial charge is 0.457 e.